The predicted octanol–water partition coefficient (Wildman–Crippen LogP) is 3.01. The molecule has 1 aromatic rings. The Balaban J connectivity index is 1.62. The third-order valence-electron chi connectivity index (χ3n) is 5.53. The Morgan fingerprint density at radius 2 is 2.03 bits per heavy atom. The second-order valence-corrected chi connectivity index (χ2v) is 8.89. The molecule has 3 rings (SSSR count). The lowest BCUT2D eigenvalue weighted by molar-refractivity contribution is -0.149. The molecule has 0 aromatic heterocycles. The first kappa shape index (κ1) is 21.1. The predicted molar refractivity (Wildman–Crippen MR) is 103 cm³/mol. The number of halogens is 1. The number of imide groups is 1. The largest absolute Gasteiger partial charge is 0.494 e. The van der Waals surface area contributed by atoms with Gasteiger partial charge in [-0.3, -0.25) is 14.5 Å². The molecular formula is C21H27FN2O5. The number of hydrogen-bond donors (Lipinski definition) is 1. The van der Waals surface area contributed by atoms with Crippen LogP contribution in [0.25, 0.3) is 0 Å². The summed E-state index contributed by atoms with van der Waals surface area (Å²) in [6, 6.07) is 3.64. The summed E-state index contributed by atoms with van der Waals surface area (Å²) in [6.45, 7) is 5.58. The van der Waals surface area contributed by atoms with E-state index in [1.54, 1.807) is 6.07 Å². The molecule has 0 bridgehead atoms. The lowest BCUT2D eigenvalue weighted by Crippen LogP contribution is -2.54. The van der Waals surface area contributed by atoms with Crippen molar-refractivity contribution >= 4 is 17.9 Å². The number of nitrogens with one attached hydrogen (secondary N) is 1. The smallest absolute Gasteiger partial charge is 0.326 e. The van der Waals surface area contributed by atoms with Gasteiger partial charge in [-0.1, -0.05) is 26.8 Å². The maximum atomic E-state index is 13.7. The molecule has 2 aliphatic rings. The second-order valence-electron chi connectivity index (χ2n) is 8.89. The van der Waals surface area contributed by atoms with E-state index in [4.69, 9.17) is 9.47 Å². The third-order valence-corrected chi connectivity index (χ3v) is 5.53. The molecule has 29 heavy (non-hydrogen) atoms. The zero-order valence-electron chi connectivity index (χ0n) is 17.2. The fraction of sp³-hybridized carbons (Fsp3) is 0.571. The number of benzene rings is 1. The summed E-state index contributed by atoms with van der Waals surface area (Å²) in [6.07, 6.45) is 2.06. The topological polar surface area (TPSA) is 84.9 Å². The first-order chi connectivity index (χ1) is 13.5. The molecule has 1 aliphatic heterocycles. The molecule has 0 radical (unpaired) electrons. The molecule has 2 atom stereocenters. The minimum atomic E-state index is -0.961. The number of rotatable bonds is 5. The van der Waals surface area contributed by atoms with Gasteiger partial charge in [-0.05, 0) is 48.3 Å². The summed E-state index contributed by atoms with van der Waals surface area (Å²) in [5.41, 5.74) is -0.610. The SMILES string of the molecule is COc1ccc(COC(=O)CN2C(=O)N[C@@]3(C[C@H](C)CC(C)(C)C3)C2=O)cc1F. The molecule has 7 nitrogen and oxygen atoms in total. The van der Waals surface area contributed by atoms with Gasteiger partial charge in [-0.15, -0.1) is 0 Å². The van der Waals surface area contributed by atoms with Crippen molar-refractivity contribution in [3.05, 3.63) is 29.6 Å². The lowest BCUT2D eigenvalue weighted by atomic mass is 9.64. The first-order valence-electron chi connectivity index (χ1n) is 9.67. The normalized spacial score (nSPS) is 25.8. The summed E-state index contributed by atoms with van der Waals surface area (Å²) >= 11 is 0. The molecule has 1 saturated carbocycles. The van der Waals surface area contributed by atoms with Gasteiger partial charge in [-0.25, -0.2) is 9.18 Å². The van der Waals surface area contributed by atoms with Crippen LogP contribution in [0.4, 0.5) is 9.18 Å². The van der Waals surface area contributed by atoms with Gasteiger partial charge in [0.1, 0.15) is 18.7 Å². The van der Waals surface area contributed by atoms with Crippen molar-refractivity contribution in [2.24, 2.45) is 11.3 Å². The van der Waals surface area contributed by atoms with Crippen LogP contribution in [0.3, 0.4) is 0 Å². The van der Waals surface area contributed by atoms with Crippen molar-refractivity contribution in [3.63, 3.8) is 0 Å². The molecule has 158 valence electrons. The fourth-order valence-electron chi connectivity index (χ4n) is 4.79. The molecule has 1 aromatic carbocycles. The number of esters is 1. The quantitative estimate of drug-likeness (QED) is 0.600. The van der Waals surface area contributed by atoms with Gasteiger partial charge >= 0.3 is 12.0 Å². The van der Waals surface area contributed by atoms with Gasteiger partial charge in [0.2, 0.25) is 0 Å². The second kappa shape index (κ2) is 7.65. The Morgan fingerprint density at radius 1 is 1.31 bits per heavy atom. The molecule has 1 aliphatic carbocycles. The van der Waals surface area contributed by atoms with Crippen LogP contribution in [-0.4, -0.2) is 42.0 Å². The van der Waals surface area contributed by atoms with E-state index in [-0.39, 0.29) is 29.6 Å². The molecule has 2 fully saturated rings. The van der Waals surface area contributed by atoms with Crippen LogP contribution in [0.1, 0.15) is 45.6 Å². The van der Waals surface area contributed by atoms with E-state index in [2.05, 4.69) is 26.1 Å². The van der Waals surface area contributed by atoms with E-state index in [0.717, 1.165) is 11.3 Å². The minimum Gasteiger partial charge on any atom is -0.494 e. The number of nitrogens with zero attached hydrogens (tertiary/aromatic N) is 1. The van der Waals surface area contributed by atoms with E-state index < -0.39 is 29.9 Å². The van der Waals surface area contributed by atoms with Crippen molar-refractivity contribution in [2.45, 2.75) is 52.2 Å². The molecule has 1 spiro atoms. The molecular weight excluding hydrogens is 379 g/mol. The number of urea groups is 1. The standard InChI is InChI=1S/C21H27FN2O5/c1-13-8-20(2,3)12-21(9-13)18(26)24(19(27)23-21)10-17(25)29-11-14-5-6-16(28-4)15(22)7-14/h5-7,13H,8-12H2,1-4H3,(H,23,27)/t13-,21-/m1/s1. The summed E-state index contributed by atoms with van der Waals surface area (Å²) in [5.74, 6) is -1.31. The van der Waals surface area contributed by atoms with E-state index in [1.165, 1.54) is 19.2 Å². The average Bonchev–Trinajstić information content (AvgIpc) is 2.81. The van der Waals surface area contributed by atoms with Crippen LogP contribution in [0.15, 0.2) is 18.2 Å². The van der Waals surface area contributed by atoms with Crippen LogP contribution in [0.2, 0.25) is 0 Å². The maximum Gasteiger partial charge on any atom is 0.326 e. The van der Waals surface area contributed by atoms with Gasteiger partial charge in [0.15, 0.2) is 11.6 Å². The van der Waals surface area contributed by atoms with E-state index in [0.29, 0.717) is 18.4 Å². The Hall–Kier alpha value is -2.64. The van der Waals surface area contributed by atoms with Crippen LogP contribution < -0.4 is 10.1 Å². The number of hydrogen-bond acceptors (Lipinski definition) is 5. The van der Waals surface area contributed by atoms with Gasteiger partial charge in [0, 0.05) is 0 Å². The summed E-state index contributed by atoms with van der Waals surface area (Å²) < 4.78 is 23.7. The molecule has 8 heteroatoms. The maximum absolute atomic E-state index is 13.7. The monoisotopic (exact) mass is 406 g/mol. The molecule has 1 N–H and O–H groups in total. The number of carbonyl (C=O) groups is 3. The first-order valence-corrected chi connectivity index (χ1v) is 9.67. The van der Waals surface area contributed by atoms with Crippen molar-refractivity contribution in [3.8, 4) is 5.75 Å². The zero-order valence-corrected chi connectivity index (χ0v) is 17.2. The van der Waals surface area contributed by atoms with Gasteiger partial charge in [-0.2, -0.15) is 0 Å². The molecule has 0 unspecified atom stereocenters. The van der Waals surface area contributed by atoms with Gasteiger partial charge < -0.3 is 14.8 Å². The Bertz CT molecular complexity index is 840. The number of amides is 3. The highest BCUT2D eigenvalue weighted by Crippen LogP contribution is 2.46. The van der Waals surface area contributed by atoms with Crippen LogP contribution in [-0.2, 0) is 20.9 Å². The average molecular weight is 406 g/mol. The highest BCUT2D eigenvalue weighted by Gasteiger charge is 2.56. The van der Waals surface area contributed by atoms with E-state index >= 15 is 0 Å². The molecule has 3 amide bonds. The van der Waals surface area contributed by atoms with E-state index in [1.807, 2.05) is 0 Å². The van der Waals surface area contributed by atoms with E-state index in [9.17, 15) is 18.8 Å². The third kappa shape index (κ3) is 4.36. The Kier molecular flexibility index (Phi) is 5.56. The molecule has 1 saturated heterocycles. The summed E-state index contributed by atoms with van der Waals surface area (Å²) in [7, 11) is 1.36. The highest BCUT2D eigenvalue weighted by atomic mass is 19.1. The Labute approximate surface area is 169 Å². The summed E-state index contributed by atoms with van der Waals surface area (Å²) in [4.78, 5) is 38.6. The fourth-order valence-corrected chi connectivity index (χ4v) is 4.79. The number of methoxy groups -OCH3 is 1. The van der Waals surface area contributed by atoms with Crippen LogP contribution in [0.5, 0.6) is 5.75 Å². The van der Waals surface area contributed by atoms with Crippen molar-refractivity contribution in [1.29, 1.82) is 0 Å². The highest BCUT2D eigenvalue weighted by molar-refractivity contribution is 6.08. The van der Waals surface area contributed by atoms with Crippen LogP contribution in [0, 0.1) is 17.2 Å². The zero-order chi connectivity index (χ0) is 21.4. The van der Waals surface area contributed by atoms with Crippen LogP contribution >= 0.6 is 0 Å². The number of carbonyl (C=O) groups excluding carboxylic acids is 3. The number of ether oxygens (including phenoxy) is 2. The molecule has 1 heterocycles. The van der Waals surface area contributed by atoms with Gasteiger partial charge in [0.05, 0.1) is 7.11 Å². The van der Waals surface area contributed by atoms with Crippen molar-refractivity contribution < 1.29 is 28.2 Å². The Morgan fingerprint density at radius 3 is 2.66 bits per heavy atom. The van der Waals surface area contributed by atoms with Crippen molar-refractivity contribution in [1.82, 2.24) is 10.2 Å². The minimum absolute atomic E-state index is 0.0877. The summed E-state index contributed by atoms with van der Waals surface area (Å²) in [5, 5.41) is 2.82. The van der Waals surface area contributed by atoms with Crippen molar-refractivity contribution in [2.75, 3.05) is 13.7 Å². The lowest BCUT2D eigenvalue weighted by Gasteiger charge is -2.43. The van der Waals surface area contributed by atoms with Gasteiger partial charge in [0.25, 0.3) is 5.91 Å².